The van der Waals surface area contributed by atoms with Crippen molar-refractivity contribution in [2.45, 2.75) is 6.92 Å². The van der Waals surface area contributed by atoms with E-state index in [0.29, 0.717) is 10.8 Å². The molecule has 7 heteroatoms. The lowest BCUT2D eigenvalue weighted by molar-refractivity contribution is 0.102. The number of hydrogen-bond acceptors (Lipinski definition) is 5. The predicted octanol–water partition coefficient (Wildman–Crippen LogP) is 3.74. The number of aromatic amines is 1. The Balaban J connectivity index is 1.66. The van der Waals surface area contributed by atoms with Crippen LogP contribution in [-0.4, -0.2) is 28.2 Å². The van der Waals surface area contributed by atoms with Crippen LogP contribution in [-0.2, 0) is 0 Å². The minimum absolute atomic E-state index is 0.280. The van der Waals surface area contributed by atoms with Crippen LogP contribution < -0.4 is 10.1 Å². The molecule has 0 saturated carbocycles. The number of benzene rings is 2. The zero-order valence-corrected chi connectivity index (χ0v) is 13.9. The van der Waals surface area contributed by atoms with E-state index < -0.39 is 0 Å². The fourth-order valence-corrected chi connectivity index (χ4v) is 3.43. The third kappa shape index (κ3) is 2.48. The van der Waals surface area contributed by atoms with Crippen molar-refractivity contribution in [1.29, 1.82) is 0 Å². The molecule has 6 nitrogen and oxygen atoms in total. The number of H-pyrrole nitrogens is 1. The fourth-order valence-electron chi connectivity index (χ4n) is 2.54. The van der Waals surface area contributed by atoms with Gasteiger partial charge in [-0.05, 0) is 37.3 Å². The number of nitrogens with one attached hydrogen (secondary N) is 2. The number of carbonyl (C=O) groups is 1. The van der Waals surface area contributed by atoms with Crippen molar-refractivity contribution in [2.24, 2.45) is 0 Å². The van der Waals surface area contributed by atoms with Crippen LogP contribution in [0.2, 0.25) is 0 Å². The summed E-state index contributed by atoms with van der Waals surface area (Å²) in [4.78, 5) is 17.0. The second-order valence-corrected chi connectivity index (χ2v) is 6.46. The molecule has 0 fully saturated rings. The number of nitrogens with zero attached hydrogens (tertiary/aromatic N) is 2. The van der Waals surface area contributed by atoms with E-state index in [0.717, 1.165) is 32.4 Å². The molecule has 120 valence electrons. The average Bonchev–Trinajstić information content (AvgIpc) is 3.16. The molecule has 0 bridgehead atoms. The van der Waals surface area contributed by atoms with Crippen LogP contribution in [0.4, 0.5) is 5.13 Å². The van der Waals surface area contributed by atoms with Gasteiger partial charge in [0.2, 0.25) is 0 Å². The second-order valence-electron chi connectivity index (χ2n) is 5.43. The Morgan fingerprint density at radius 1 is 1.25 bits per heavy atom. The molecular weight excluding hydrogens is 324 g/mol. The maximum Gasteiger partial charge on any atom is 0.278 e. The Labute approximate surface area is 141 Å². The van der Waals surface area contributed by atoms with Gasteiger partial charge < -0.3 is 4.74 Å². The van der Waals surface area contributed by atoms with Gasteiger partial charge in [0.05, 0.1) is 22.8 Å². The Morgan fingerprint density at radius 3 is 2.96 bits per heavy atom. The van der Waals surface area contributed by atoms with Crippen LogP contribution in [0.3, 0.4) is 0 Å². The molecule has 24 heavy (non-hydrogen) atoms. The van der Waals surface area contributed by atoms with E-state index >= 15 is 0 Å². The number of anilines is 1. The molecule has 0 unspecified atom stereocenters. The van der Waals surface area contributed by atoms with Crippen molar-refractivity contribution < 1.29 is 9.53 Å². The first-order valence-electron chi connectivity index (χ1n) is 7.35. The molecule has 1 amide bonds. The molecule has 4 aromatic rings. The van der Waals surface area contributed by atoms with Gasteiger partial charge in [0, 0.05) is 5.39 Å². The van der Waals surface area contributed by atoms with Crippen LogP contribution in [0.15, 0.2) is 36.4 Å². The van der Waals surface area contributed by atoms with Gasteiger partial charge in [-0.3, -0.25) is 15.2 Å². The third-order valence-electron chi connectivity index (χ3n) is 3.75. The summed E-state index contributed by atoms with van der Waals surface area (Å²) >= 11 is 1.40. The standard InChI is InChI=1S/C17H14N4O2S/c1-9-3-5-12-11(7-9)15(21-20-12)16(22)19-17-18-13-6-4-10(23-2)8-14(13)24-17/h3-8H,1-2H3,(H,20,21)(H,18,19,22). The van der Waals surface area contributed by atoms with Gasteiger partial charge in [-0.2, -0.15) is 5.10 Å². The number of hydrogen-bond donors (Lipinski definition) is 2. The van der Waals surface area contributed by atoms with Crippen LogP contribution >= 0.6 is 11.3 Å². The number of rotatable bonds is 3. The fraction of sp³-hybridized carbons (Fsp3) is 0.118. The molecule has 2 aromatic carbocycles. The van der Waals surface area contributed by atoms with Gasteiger partial charge in [0.25, 0.3) is 5.91 Å². The Hall–Kier alpha value is -2.93. The van der Waals surface area contributed by atoms with E-state index in [2.05, 4.69) is 20.5 Å². The molecule has 0 atom stereocenters. The van der Waals surface area contributed by atoms with Gasteiger partial charge in [-0.15, -0.1) is 0 Å². The molecule has 0 aliphatic carbocycles. The molecule has 0 aliphatic heterocycles. The number of thiazole rings is 1. The molecule has 0 aliphatic rings. The smallest absolute Gasteiger partial charge is 0.278 e. The lowest BCUT2D eigenvalue weighted by Crippen LogP contribution is -2.12. The zero-order chi connectivity index (χ0) is 16.7. The molecule has 2 aromatic heterocycles. The molecule has 0 saturated heterocycles. The van der Waals surface area contributed by atoms with E-state index in [1.807, 2.05) is 43.3 Å². The first kappa shape index (κ1) is 14.6. The summed E-state index contributed by atoms with van der Waals surface area (Å²) in [6, 6.07) is 11.4. The monoisotopic (exact) mass is 338 g/mol. The Bertz CT molecular complexity index is 1070. The second kappa shape index (κ2) is 5.61. The normalized spacial score (nSPS) is 11.1. The van der Waals surface area contributed by atoms with Crippen molar-refractivity contribution in [3.63, 3.8) is 0 Å². The van der Waals surface area contributed by atoms with E-state index in [-0.39, 0.29) is 5.91 Å². The molecule has 4 rings (SSSR count). The highest BCUT2D eigenvalue weighted by atomic mass is 32.1. The predicted molar refractivity (Wildman–Crippen MR) is 95.0 cm³/mol. The molecule has 2 heterocycles. The summed E-state index contributed by atoms with van der Waals surface area (Å²) < 4.78 is 6.16. The molecule has 0 radical (unpaired) electrons. The number of aromatic nitrogens is 3. The Kier molecular flexibility index (Phi) is 3.42. The average molecular weight is 338 g/mol. The van der Waals surface area contributed by atoms with Crippen LogP contribution in [0.25, 0.3) is 21.1 Å². The van der Waals surface area contributed by atoms with Gasteiger partial charge in [0.15, 0.2) is 10.8 Å². The number of fused-ring (bicyclic) bond motifs is 2. The lowest BCUT2D eigenvalue weighted by Gasteiger charge is -1.99. The van der Waals surface area contributed by atoms with E-state index in [9.17, 15) is 4.79 Å². The highest BCUT2D eigenvalue weighted by Gasteiger charge is 2.16. The quantitative estimate of drug-likeness (QED) is 0.596. The highest BCUT2D eigenvalue weighted by molar-refractivity contribution is 7.22. The van der Waals surface area contributed by atoms with Gasteiger partial charge in [-0.25, -0.2) is 4.98 Å². The van der Waals surface area contributed by atoms with Crippen molar-refractivity contribution in [3.05, 3.63) is 47.7 Å². The van der Waals surface area contributed by atoms with Gasteiger partial charge in [-0.1, -0.05) is 23.0 Å². The van der Waals surface area contributed by atoms with E-state index in [1.54, 1.807) is 7.11 Å². The summed E-state index contributed by atoms with van der Waals surface area (Å²) in [6.07, 6.45) is 0. The molecule has 0 spiro atoms. The van der Waals surface area contributed by atoms with Crippen LogP contribution in [0.1, 0.15) is 16.1 Å². The topological polar surface area (TPSA) is 79.9 Å². The minimum atomic E-state index is -0.280. The van der Waals surface area contributed by atoms with Crippen LogP contribution in [0.5, 0.6) is 5.75 Å². The SMILES string of the molecule is COc1ccc2nc(NC(=O)c3n[nH]c4ccc(C)cc34)sc2c1. The van der Waals surface area contributed by atoms with Crippen molar-refractivity contribution in [3.8, 4) is 5.75 Å². The maximum atomic E-state index is 12.5. The summed E-state index contributed by atoms with van der Waals surface area (Å²) in [5.41, 5.74) is 3.09. The third-order valence-corrected chi connectivity index (χ3v) is 4.68. The maximum absolute atomic E-state index is 12.5. The van der Waals surface area contributed by atoms with E-state index in [1.165, 1.54) is 11.3 Å². The largest absolute Gasteiger partial charge is 0.497 e. The van der Waals surface area contributed by atoms with Gasteiger partial charge >= 0.3 is 0 Å². The van der Waals surface area contributed by atoms with Crippen molar-refractivity contribution in [1.82, 2.24) is 15.2 Å². The summed E-state index contributed by atoms with van der Waals surface area (Å²) in [6.45, 7) is 1.98. The molecule has 2 N–H and O–H groups in total. The highest BCUT2D eigenvalue weighted by Crippen LogP contribution is 2.29. The number of carbonyl (C=O) groups excluding carboxylic acids is 1. The van der Waals surface area contributed by atoms with Crippen molar-refractivity contribution >= 4 is 43.5 Å². The number of amides is 1. The number of methoxy groups -OCH3 is 1. The summed E-state index contributed by atoms with van der Waals surface area (Å²) in [7, 11) is 1.62. The number of ether oxygens (including phenoxy) is 1. The van der Waals surface area contributed by atoms with E-state index in [4.69, 9.17) is 4.74 Å². The first-order chi connectivity index (χ1) is 11.6. The number of aryl methyl sites for hydroxylation is 1. The first-order valence-corrected chi connectivity index (χ1v) is 8.16. The lowest BCUT2D eigenvalue weighted by atomic mass is 10.1. The molecular formula is C17H14N4O2S. The van der Waals surface area contributed by atoms with Gasteiger partial charge in [0.1, 0.15) is 5.75 Å². The van der Waals surface area contributed by atoms with Crippen molar-refractivity contribution in [2.75, 3.05) is 12.4 Å². The summed E-state index contributed by atoms with van der Waals surface area (Å²) in [5, 5.41) is 11.2. The van der Waals surface area contributed by atoms with Crippen LogP contribution in [0, 0.1) is 6.92 Å². The summed E-state index contributed by atoms with van der Waals surface area (Å²) in [5.74, 6) is 0.482. The zero-order valence-electron chi connectivity index (χ0n) is 13.1. The minimum Gasteiger partial charge on any atom is -0.497 e. The Morgan fingerprint density at radius 2 is 2.12 bits per heavy atom.